The van der Waals surface area contributed by atoms with Gasteiger partial charge in [0.05, 0.1) is 18.1 Å². The number of nitrogens with zero attached hydrogens (tertiary/aromatic N) is 1. The molecule has 0 aromatic rings. The van der Waals surface area contributed by atoms with Gasteiger partial charge in [0.2, 0.25) is 0 Å². The second-order valence-electron chi connectivity index (χ2n) is 6.27. The van der Waals surface area contributed by atoms with E-state index in [2.05, 4.69) is 18.7 Å². The van der Waals surface area contributed by atoms with Crippen LogP contribution in [-0.2, 0) is 9.53 Å². The predicted octanol–water partition coefficient (Wildman–Crippen LogP) is 2.13. The highest BCUT2D eigenvalue weighted by Gasteiger charge is 2.37. The molecule has 1 fully saturated rings. The van der Waals surface area contributed by atoms with E-state index in [4.69, 9.17) is 9.84 Å². The monoisotopic (exact) mass is 301 g/mol. The van der Waals surface area contributed by atoms with Gasteiger partial charge in [-0.15, -0.1) is 0 Å². The van der Waals surface area contributed by atoms with E-state index < -0.39 is 11.6 Å². The number of ether oxygens (including phenoxy) is 1. The summed E-state index contributed by atoms with van der Waals surface area (Å²) in [7, 11) is 1.69. The third-order valence-electron chi connectivity index (χ3n) is 4.80. The van der Waals surface area contributed by atoms with Gasteiger partial charge in [-0.2, -0.15) is 0 Å². The Labute approximate surface area is 128 Å². The molecule has 0 amide bonds. The van der Waals surface area contributed by atoms with E-state index in [0.29, 0.717) is 44.9 Å². The highest BCUT2D eigenvalue weighted by atomic mass is 16.5. The summed E-state index contributed by atoms with van der Waals surface area (Å²) in [4.78, 5) is 13.3. The van der Waals surface area contributed by atoms with Crippen molar-refractivity contribution in [2.45, 2.75) is 64.0 Å². The number of hydrogen-bond donors (Lipinski definition) is 2. The second kappa shape index (κ2) is 8.71. The molecule has 0 heterocycles. The van der Waals surface area contributed by atoms with Crippen LogP contribution in [0.15, 0.2) is 0 Å². The lowest BCUT2D eigenvalue weighted by atomic mass is 9.78. The highest BCUT2D eigenvalue weighted by molar-refractivity contribution is 5.70. The Morgan fingerprint density at radius 1 is 1.33 bits per heavy atom. The molecule has 0 aromatic heterocycles. The first kappa shape index (κ1) is 18.4. The van der Waals surface area contributed by atoms with Gasteiger partial charge in [0.25, 0.3) is 0 Å². The Hall–Kier alpha value is -0.650. The van der Waals surface area contributed by atoms with Gasteiger partial charge in [-0.25, -0.2) is 0 Å². The first-order chi connectivity index (χ1) is 9.95. The number of carbonyl (C=O) groups is 1. The summed E-state index contributed by atoms with van der Waals surface area (Å²) in [5.41, 5.74) is -0.748. The number of carboxylic acids is 1. The minimum absolute atomic E-state index is 0.286. The van der Waals surface area contributed by atoms with E-state index in [1.807, 2.05) is 0 Å². The molecular formula is C16H31NO4. The third kappa shape index (κ3) is 5.57. The van der Waals surface area contributed by atoms with E-state index in [9.17, 15) is 9.90 Å². The smallest absolute Gasteiger partial charge is 0.306 e. The van der Waals surface area contributed by atoms with Crippen molar-refractivity contribution in [3.8, 4) is 0 Å². The van der Waals surface area contributed by atoms with E-state index >= 15 is 0 Å². The molecule has 5 nitrogen and oxygen atoms in total. The van der Waals surface area contributed by atoms with Crippen LogP contribution in [0.25, 0.3) is 0 Å². The van der Waals surface area contributed by atoms with Gasteiger partial charge in [-0.3, -0.25) is 9.69 Å². The van der Waals surface area contributed by atoms with Crippen LogP contribution in [0.5, 0.6) is 0 Å². The lowest BCUT2D eigenvalue weighted by Gasteiger charge is -2.41. The predicted molar refractivity (Wildman–Crippen MR) is 82.4 cm³/mol. The lowest BCUT2D eigenvalue weighted by molar-refractivity contribution is -0.145. The zero-order valence-corrected chi connectivity index (χ0v) is 13.7. The maximum absolute atomic E-state index is 11.0. The van der Waals surface area contributed by atoms with Crippen molar-refractivity contribution < 1.29 is 19.7 Å². The highest BCUT2D eigenvalue weighted by Crippen LogP contribution is 2.33. The molecule has 0 atom stereocenters. The van der Waals surface area contributed by atoms with Crippen molar-refractivity contribution in [1.82, 2.24) is 4.90 Å². The normalized spacial score (nSPS) is 26.5. The molecule has 0 aromatic carbocycles. The maximum atomic E-state index is 11.0. The van der Waals surface area contributed by atoms with Crippen molar-refractivity contribution in [2.75, 3.05) is 26.8 Å². The maximum Gasteiger partial charge on any atom is 0.306 e. The van der Waals surface area contributed by atoms with Gasteiger partial charge in [-0.05, 0) is 38.5 Å². The Morgan fingerprint density at radius 3 is 2.33 bits per heavy atom. The Bertz CT molecular complexity index is 309. The van der Waals surface area contributed by atoms with Crippen LogP contribution in [-0.4, -0.2) is 59.5 Å². The molecule has 0 aliphatic heterocycles. The summed E-state index contributed by atoms with van der Waals surface area (Å²) in [6.45, 7) is 6.42. The summed E-state index contributed by atoms with van der Waals surface area (Å²) in [5.74, 6) is -1.01. The van der Waals surface area contributed by atoms with Crippen molar-refractivity contribution in [3.63, 3.8) is 0 Å². The van der Waals surface area contributed by atoms with Crippen molar-refractivity contribution >= 4 is 5.97 Å². The number of aliphatic carboxylic acids is 1. The molecule has 1 aliphatic carbocycles. The minimum Gasteiger partial charge on any atom is -0.481 e. The lowest BCUT2D eigenvalue weighted by Crippen LogP contribution is -2.50. The van der Waals surface area contributed by atoms with Crippen molar-refractivity contribution in [2.24, 2.45) is 5.92 Å². The average molecular weight is 301 g/mol. The van der Waals surface area contributed by atoms with Crippen LogP contribution in [0.3, 0.4) is 0 Å². The van der Waals surface area contributed by atoms with Crippen molar-refractivity contribution in [1.29, 1.82) is 0 Å². The van der Waals surface area contributed by atoms with Crippen LogP contribution in [0, 0.1) is 5.92 Å². The molecule has 0 bridgehead atoms. The van der Waals surface area contributed by atoms with Crippen LogP contribution >= 0.6 is 0 Å². The molecule has 0 saturated heterocycles. The third-order valence-corrected chi connectivity index (χ3v) is 4.80. The summed E-state index contributed by atoms with van der Waals surface area (Å²) < 4.78 is 5.18. The Morgan fingerprint density at radius 2 is 1.90 bits per heavy atom. The van der Waals surface area contributed by atoms with Gasteiger partial charge in [0, 0.05) is 26.2 Å². The quantitative estimate of drug-likeness (QED) is 0.683. The zero-order chi connectivity index (χ0) is 15.9. The van der Waals surface area contributed by atoms with Gasteiger partial charge in [0.15, 0.2) is 0 Å². The van der Waals surface area contributed by atoms with Gasteiger partial charge >= 0.3 is 5.97 Å². The molecule has 1 aliphatic rings. The molecule has 124 valence electrons. The fraction of sp³-hybridized carbons (Fsp3) is 0.938. The molecule has 1 saturated carbocycles. The molecule has 21 heavy (non-hydrogen) atoms. The molecule has 2 N–H and O–H groups in total. The van der Waals surface area contributed by atoms with E-state index in [1.165, 1.54) is 0 Å². The molecule has 0 radical (unpaired) electrons. The first-order valence-corrected chi connectivity index (χ1v) is 8.14. The second-order valence-corrected chi connectivity index (χ2v) is 6.27. The fourth-order valence-corrected chi connectivity index (χ4v) is 3.34. The number of aliphatic hydroxyl groups is 1. The Balaban J connectivity index is 2.62. The van der Waals surface area contributed by atoms with Crippen LogP contribution < -0.4 is 0 Å². The van der Waals surface area contributed by atoms with Crippen LogP contribution in [0.4, 0.5) is 0 Å². The molecular weight excluding hydrogens is 270 g/mol. The molecule has 5 heteroatoms. The summed E-state index contributed by atoms with van der Waals surface area (Å²) in [6.07, 6.45) is 4.41. The van der Waals surface area contributed by atoms with Gasteiger partial charge < -0.3 is 14.9 Å². The number of methoxy groups -OCH3 is 1. The largest absolute Gasteiger partial charge is 0.481 e. The van der Waals surface area contributed by atoms with Gasteiger partial charge in [-0.1, -0.05) is 13.8 Å². The standard InChI is InChI=1S/C16H31NO4/c1-4-14(5-2)17(10-11-21-3)12-16(20)8-6-13(7-9-16)15(18)19/h13-14,20H,4-12H2,1-3H3,(H,18,19). The molecule has 1 rings (SSSR count). The van der Waals surface area contributed by atoms with E-state index in [0.717, 1.165) is 19.4 Å². The zero-order valence-electron chi connectivity index (χ0n) is 13.7. The van der Waals surface area contributed by atoms with Crippen molar-refractivity contribution in [3.05, 3.63) is 0 Å². The number of hydrogen-bond acceptors (Lipinski definition) is 4. The summed E-state index contributed by atoms with van der Waals surface area (Å²) >= 11 is 0. The SMILES string of the molecule is CCC(CC)N(CCOC)CC1(O)CCC(C(=O)O)CC1. The topological polar surface area (TPSA) is 70.0 Å². The van der Waals surface area contributed by atoms with E-state index in [1.54, 1.807) is 7.11 Å². The van der Waals surface area contributed by atoms with Crippen LogP contribution in [0.1, 0.15) is 52.4 Å². The Kier molecular flexibility index (Phi) is 7.63. The fourth-order valence-electron chi connectivity index (χ4n) is 3.34. The first-order valence-electron chi connectivity index (χ1n) is 8.14. The number of carboxylic acid groups (broad SMARTS) is 1. The van der Waals surface area contributed by atoms with E-state index in [-0.39, 0.29) is 5.92 Å². The van der Waals surface area contributed by atoms with Crippen LogP contribution in [0.2, 0.25) is 0 Å². The number of rotatable bonds is 9. The molecule has 0 spiro atoms. The summed E-state index contributed by atoms with van der Waals surface area (Å²) in [6, 6.07) is 0.446. The minimum atomic E-state index is -0.748. The molecule has 0 unspecified atom stereocenters. The van der Waals surface area contributed by atoms with Gasteiger partial charge in [0.1, 0.15) is 0 Å². The summed E-state index contributed by atoms with van der Waals surface area (Å²) in [5, 5.41) is 19.9. The average Bonchev–Trinajstić information content (AvgIpc) is 2.46.